The monoisotopic (exact) mass is 355 g/mol. The largest absolute Gasteiger partial charge is 0.335 e. The molecule has 2 aromatic carbocycles. The lowest BCUT2D eigenvalue weighted by atomic mass is 9.85. The number of amides is 1. The van der Waals surface area contributed by atoms with Gasteiger partial charge in [-0.3, -0.25) is 9.79 Å². The zero-order valence-electron chi connectivity index (χ0n) is 15.4. The fourth-order valence-electron chi connectivity index (χ4n) is 5.12. The number of piperidine rings is 1. The highest BCUT2D eigenvalue weighted by Gasteiger charge is 2.42. The summed E-state index contributed by atoms with van der Waals surface area (Å²) in [7, 11) is 0. The molecule has 3 aliphatic rings. The van der Waals surface area contributed by atoms with Crippen LogP contribution in [0.25, 0.3) is 0 Å². The van der Waals surface area contributed by atoms with Crippen LogP contribution in [0.1, 0.15) is 56.9 Å². The minimum atomic E-state index is 0.112. The lowest BCUT2D eigenvalue weighted by molar-refractivity contribution is 0.0595. The van der Waals surface area contributed by atoms with E-state index in [1.165, 1.54) is 16.7 Å². The fourth-order valence-corrected chi connectivity index (χ4v) is 5.12. The molecule has 0 spiro atoms. The van der Waals surface area contributed by atoms with Crippen LogP contribution in [0.5, 0.6) is 0 Å². The lowest BCUT2D eigenvalue weighted by Gasteiger charge is -2.38. The van der Waals surface area contributed by atoms with Crippen LogP contribution >= 0.6 is 0 Å². The summed E-state index contributed by atoms with van der Waals surface area (Å²) in [6.07, 6.45) is 5.74. The van der Waals surface area contributed by atoms with Gasteiger partial charge in [0.25, 0.3) is 5.91 Å². The van der Waals surface area contributed by atoms with Gasteiger partial charge in [0.15, 0.2) is 0 Å². The molecule has 4 nitrogen and oxygen atoms in total. The van der Waals surface area contributed by atoms with Crippen LogP contribution in [0.3, 0.4) is 0 Å². The number of nitriles is 1. The molecule has 2 aromatic rings. The first-order chi connectivity index (χ1) is 13.2. The average molecular weight is 355 g/mol. The molecule has 0 saturated carbocycles. The van der Waals surface area contributed by atoms with Crippen LogP contribution in [0, 0.1) is 18.3 Å². The van der Waals surface area contributed by atoms with Crippen molar-refractivity contribution in [1.82, 2.24) is 4.90 Å². The highest BCUT2D eigenvalue weighted by atomic mass is 16.2. The summed E-state index contributed by atoms with van der Waals surface area (Å²) < 4.78 is 0. The molecule has 1 aliphatic carbocycles. The fraction of sp³-hybridized carbons (Fsp3) is 0.348. The molecule has 0 aromatic heterocycles. The Morgan fingerprint density at radius 3 is 2.96 bits per heavy atom. The summed E-state index contributed by atoms with van der Waals surface area (Å²) in [6.45, 7) is 2.86. The smallest absolute Gasteiger partial charge is 0.254 e. The van der Waals surface area contributed by atoms with Crippen LogP contribution in [-0.4, -0.2) is 29.6 Å². The van der Waals surface area contributed by atoms with Gasteiger partial charge in [-0.15, -0.1) is 0 Å². The highest BCUT2D eigenvalue weighted by Crippen LogP contribution is 2.44. The van der Waals surface area contributed by atoms with Gasteiger partial charge in [-0.25, -0.2) is 0 Å². The molecule has 2 aliphatic heterocycles. The number of aliphatic imine (C=N–C) groups is 1. The molecule has 2 heterocycles. The lowest BCUT2D eigenvalue weighted by Crippen LogP contribution is -2.46. The second-order valence-corrected chi connectivity index (χ2v) is 7.80. The van der Waals surface area contributed by atoms with Gasteiger partial charge in [0, 0.05) is 36.7 Å². The van der Waals surface area contributed by atoms with Crippen molar-refractivity contribution < 1.29 is 4.79 Å². The van der Waals surface area contributed by atoms with Gasteiger partial charge in [-0.05, 0) is 66.6 Å². The zero-order chi connectivity index (χ0) is 18.5. The van der Waals surface area contributed by atoms with Crippen LogP contribution in [0.15, 0.2) is 35.3 Å². The summed E-state index contributed by atoms with van der Waals surface area (Å²) >= 11 is 0. The van der Waals surface area contributed by atoms with Crippen molar-refractivity contribution in [2.24, 2.45) is 4.99 Å². The molecular formula is C23H21N3O. The second-order valence-electron chi connectivity index (χ2n) is 7.80. The molecule has 0 radical (unpaired) electrons. The van der Waals surface area contributed by atoms with Crippen molar-refractivity contribution in [3.63, 3.8) is 0 Å². The molecular weight excluding hydrogens is 334 g/mol. The van der Waals surface area contributed by atoms with Crippen molar-refractivity contribution in [2.45, 2.75) is 44.6 Å². The van der Waals surface area contributed by atoms with E-state index in [0.717, 1.165) is 54.6 Å². The molecule has 27 heavy (non-hydrogen) atoms. The van der Waals surface area contributed by atoms with E-state index in [2.05, 4.69) is 29.0 Å². The van der Waals surface area contributed by atoms with E-state index in [-0.39, 0.29) is 11.9 Å². The van der Waals surface area contributed by atoms with Crippen LogP contribution in [0.2, 0.25) is 0 Å². The molecule has 2 atom stereocenters. The highest BCUT2D eigenvalue weighted by molar-refractivity contribution is 5.96. The SMILES string of the molecule is Cc1c(C#N)ccc2c1[C@@H]1CCCN(C(=O)c3ccc4c(c3)N=CC4)[C@@H]1C2. The van der Waals surface area contributed by atoms with E-state index < -0.39 is 0 Å². The number of fused-ring (bicyclic) bond motifs is 4. The molecule has 5 rings (SSSR count). The van der Waals surface area contributed by atoms with Gasteiger partial charge >= 0.3 is 0 Å². The Bertz CT molecular complexity index is 1030. The number of hydrogen-bond acceptors (Lipinski definition) is 3. The van der Waals surface area contributed by atoms with Crippen LogP contribution in [0.4, 0.5) is 5.69 Å². The molecule has 4 heteroatoms. The van der Waals surface area contributed by atoms with Crippen molar-refractivity contribution in [2.75, 3.05) is 6.54 Å². The third-order valence-corrected chi connectivity index (χ3v) is 6.44. The Morgan fingerprint density at radius 2 is 2.11 bits per heavy atom. The van der Waals surface area contributed by atoms with Crippen molar-refractivity contribution in [3.05, 3.63) is 63.7 Å². The third kappa shape index (κ3) is 2.42. The van der Waals surface area contributed by atoms with Crippen molar-refractivity contribution in [1.29, 1.82) is 5.26 Å². The molecule has 0 N–H and O–H groups in total. The number of likely N-dealkylation sites (tertiary alicyclic amines) is 1. The maximum absolute atomic E-state index is 13.3. The Morgan fingerprint density at radius 1 is 1.26 bits per heavy atom. The summed E-state index contributed by atoms with van der Waals surface area (Å²) in [5.41, 5.74) is 7.33. The van der Waals surface area contributed by atoms with Gasteiger partial charge in [0.1, 0.15) is 0 Å². The molecule has 1 saturated heterocycles. The first kappa shape index (κ1) is 16.3. The van der Waals surface area contributed by atoms with Crippen molar-refractivity contribution in [3.8, 4) is 6.07 Å². The molecule has 0 unspecified atom stereocenters. The number of nitrogens with zero attached hydrogens (tertiary/aromatic N) is 3. The maximum Gasteiger partial charge on any atom is 0.254 e. The Hall–Kier alpha value is -2.93. The van der Waals surface area contributed by atoms with Crippen LogP contribution in [-0.2, 0) is 12.8 Å². The van der Waals surface area contributed by atoms with Crippen molar-refractivity contribution >= 4 is 17.8 Å². The number of carbonyl (C=O) groups is 1. The van der Waals surface area contributed by atoms with Gasteiger partial charge in [-0.2, -0.15) is 5.26 Å². The summed E-state index contributed by atoms with van der Waals surface area (Å²) in [6, 6.07) is 12.4. The number of benzene rings is 2. The van der Waals surface area contributed by atoms with Gasteiger partial charge in [0.05, 0.1) is 17.3 Å². The average Bonchev–Trinajstić information content (AvgIpc) is 3.31. The summed E-state index contributed by atoms with van der Waals surface area (Å²) in [5, 5.41) is 9.39. The van der Waals surface area contributed by atoms with E-state index in [0.29, 0.717) is 5.92 Å². The first-order valence-corrected chi connectivity index (χ1v) is 9.66. The number of carbonyl (C=O) groups excluding carboxylic acids is 1. The van der Waals surface area contributed by atoms with Gasteiger partial charge in [-0.1, -0.05) is 12.1 Å². The number of rotatable bonds is 1. The molecule has 1 amide bonds. The van der Waals surface area contributed by atoms with E-state index in [1.807, 2.05) is 30.5 Å². The predicted molar refractivity (Wildman–Crippen MR) is 105 cm³/mol. The van der Waals surface area contributed by atoms with Crippen LogP contribution < -0.4 is 0 Å². The van der Waals surface area contributed by atoms with Gasteiger partial charge < -0.3 is 4.90 Å². The van der Waals surface area contributed by atoms with E-state index in [4.69, 9.17) is 0 Å². The predicted octanol–water partition coefficient (Wildman–Crippen LogP) is 4.07. The Kier molecular flexibility index (Phi) is 3.65. The summed E-state index contributed by atoms with van der Waals surface area (Å²) in [4.78, 5) is 19.8. The van der Waals surface area contributed by atoms with E-state index in [9.17, 15) is 10.1 Å². The minimum Gasteiger partial charge on any atom is -0.335 e. The molecule has 1 fully saturated rings. The Labute approximate surface area is 159 Å². The number of hydrogen-bond donors (Lipinski definition) is 0. The first-order valence-electron chi connectivity index (χ1n) is 9.66. The standard InChI is InChI=1S/C23H21N3O/c1-14-18(13-24)7-5-16-12-21-19(22(14)16)3-2-10-26(21)23(27)17-6-4-15-8-9-25-20(15)11-17/h4-7,9,11,19,21H,2-3,8,10,12H2,1H3/t19-,21-/m1/s1. The van der Waals surface area contributed by atoms with Gasteiger partial charge in [0.2, 0.25) is 0 Å². The minimum absolute atomic E-state index is 0.112. The molecule has 0 bridgehead atoms. The van der Waals surface area contributed by atoms with E-state index >= 15 is 0 Å². The second kappa shape index (κ2) is 6.06. The molecule has 134 valence electrons. The Balaban J connectivity index is 1.49. The topological polar surface area (TPSA) is 56.5 Å². The van der Waals surface area contributed by atoms with E-state index in [1.54, 1.807) is 0 Å². The quantitative estimate of drug-likeness (QED) is 0.774. The maximum atomic E-state index is 13.3. The third-order valence-electron chi connectivity index (χ3n) is 6.44. The normalized spacial score (nSPS) is 22.1. The zero-order valence-corrected chi connectivity index (χ0v) is 15.4. The summed E-state index contributed by atoms with van der Waals surface area (Å²) in [5.74, 6) is 0.457.